The van der Waals surface area contributed by atoms with Crippen molar-refractivity contribution >= 4 is 22.7 Å². The molecule has 6 heteroatoms. The van der Waals surface area contributed by atoms with E-state index in [1.165, 1.54) is 5.56 Å². The molecule has 0 spiro atoms. The maximum atomic E-state index is 13.0. The lowest BCUT2D eigenvalue weighted by molar-refractivity contribution is -0.151. The summed E-state index contributed by atoms with van der Waals surface area (Å²) >= 11 is 0. The van der Waals surface area contributed by atoms with Crippen LogP contribution in [0.25, 0.3) is 10.9 Å². The molecule has 5 rings (SSSR count). The minimum atomic E-state index is -0.429. The van der Waals surface area contributed by atoms with Crippen molar-refractivity contribution in [1.82, 2.24) is 20.5 Å². The molecule has 0 aliphatic carbocycles. The molecule has 4 heterocycles. The van der Waals surface area contributed by atoms with Crippen molar-refractivity contribution in [1.29, 1.82) is 0 Å². The van der Waals surface area contributed by atoms with E-state index in [-0.39, 0.29) is 23.9 Å². The fourth-order valence-corrected chi connectivity index (χ4v) is 4.43. The fourth-order valence-electron chi connectivity index (χ4n) is 4.43. The monoisotopic (exact) mass is 324 g/mol. The molecule has 1 unspecified atom stereocenters. The van der Waals surface area contributed by atoms with Gasteiger partial charge >= 0.3 is 0 Å². The van der Waals surface area contributed by atoms with Gasteiger partial charge in [0.25, 0.3) is 0 Å². The molecule has 2 amide bonds. The van der Waals surface area contributed by atoms with Gasteiger partial charge < -0.3 is 20.5 Å². The minimum absolute atomic E-state index is 0.0239. The van der Waals surface area contributed by atoms with Gasteiger partial charge in [0.15, 0.2) is 0 Å². The number of nitrogens with zero attached hydrogens (tertiary/aromatic N) is 1. The van der Waals surface area contributed by atoms with Crippen LogP contribution in [0.2, 0.25) is 0 Å². The SMILES string of the molecule is O=C1N[C@@H](C2CCCN2)C(=O)N2Cc3[nH]c4ccccc4c3C[C@@H]12. The topological polar surface area (TPSA) is 77.2 Å². The molecule has 2 fully saturated rings. The van der Waals surface area contributed by atoms with Crippen LogP contribution in [0.15, 0.2) is 24.3 Å². The second-order valence-electron chi connectivity index (χ2n) is 7.00. The van der Waals surface area contributed by atoms with Crippen molar-refractivity contribution in [2.45, 2.75) is 43.9 Å². The quantitative estimate of drug-likeness (QED) is 0.722. The third-order valence-electron chi connectivity index (χ3n) is 5.65. The van der Waals surface area contributed by atoms with Crippen LogP contribution < -0.4 is 10.6 Å². The van der Waals surface area contributed by atoms with Gasteiger partial charge in [0.05, 0.1) is 6.54 Å². The van der Waals surface area contributed by atoms with Crippen LogP contribution >= 0.6 is 0 Å². The van der Waals surface area contributed by atoms with Crippen molar-refractivity contribution in [2.75, 3.05) is 6.54 Å². The normalized spacial score (nSPS) is 29.5. The van der Waals surface area contributed by atoms with E-state index >= 15 is 0 Å². The van der Waals surface area contributed by atoms with E-state index in [1.807, 2.05) is 18.2 Å². The van der Waals surface area contributed by atoms with Gasteiger partial charge in [0.1, 0.15) is 12.1 Å². The standard InChI is InChI=1S/C18H20N4O2/c23-17-15-8-11-10-4-1-2-5-12(10)20-14(11)9-22(15)18(24)16(21-17)13-6-3-7-19-13/h1-2,4-5,13,15-16,19-20H,3,6-9H2,(H,21,23)/t13?,15-,16-/m0/s1. The third kappa shape index (κ3) is 1.92. The molecule has 2 saturated heterocycles. The lowest BCUT2D eigenvalue weighted by atomic mass is 9.91. The summed E-state index contributed by atoms with van der Waals surface area (Å²) in [5.41, 5.74) is 3.31. The van der Waals surface area contributed by atoms with Crippen LogP contribution in [0.1, 0.15) is 24.1 Å². The highest BCUT2D eigenvalue weighted by Crippen LogP contribution is 2.32. The Bertz CT molecular complexity index is 837. The van der Waals surface area contributed by atoms with Gasteiger partial charge in [-0.15, -0.1) is 0 Å². The summed E-state index contributed by atoms with van der Waals surface area (Å²) in [5.74, 6) is 0.0209. The molecule has 6 nitrogen and oxygen atoms in total. The Morgan fingerprint density at radius 2 is 2.04 bits per heavy atom. The Kier molecular flexibility index (Phi) is 2.97. The summed E-state index contributed by atoms with van der Waals surface area (Å²) in [7, 11) is 0. The van der Waals surface area contributed by atoms with E-state index in [4.69, 9.17) is 0 Å². The Hall–Kier alpha value is -2.34. The second-order valence-corrected chi connectivity index (χ2v) is 7.00. The Labute approximate surface area is 139 Å². The lowest BCUT2D eigenvalue weighted by Gasteiger charge is -2.43. The van der Waals surface area contributed by atoms with E-state index < -0.39 is 6.04 Å². The first-order valence-corrected chi connectivity index (χ1v) is 8.65. The second kappa shape index (κ2) is 5.08. The van der Waals surface area contributed by atoms with E-state index in [9.17, 15) is 9.59 Å². The van der Waals surface area contributed by atoms with Crippen molar-refractivity contribution in [3.05, 3.63) is 35.5 Å². The van der Waals surface area contributed by atoms with Gasteiger partial charge in [0.2, 0.25) is 11.8 Å². The maximum absolute atomic E-state index is 13.0. The number of fused-ring (bicyclic) bond motifs is 4. The van der Waals surface area contributed by atoms with E-state index in [0.717, 1.165) is 36.0 Å². The van der Waals surface area contributed by atoms with Gasteiger partial charge in [-0.25, -0.2) is 0 Å². The molecule has 124 valence electrons. The molecular weight excluding hydrogens is 304 g/mol. The minimum Gasteiger partial charge on any atom is -0.357 e. The Balaban J connectivity index is 1.52. The molecule has 0 saturated carbocycles. The summed E-state index contributed by atoms with van der Waals surface area (Å²) in [6.07, 6.45) is 2.58. The molecular formula is C18H20N4O2. The zero-order valence-corrected chi connectivity index (χ0v) is 13.3. The molecule has 24 heavy (non-hydrogen) atoms. The zero-order chi connectivity index (χ0) is 16.3. The van der Waals surface area contributed by atoms with Gasteiger partial charge in [0, 0.05) is 29.1 Å². The van der Waals surface area contributed by atoms with Crippen molar-refractivity contribution in [2.24, 2.45) is 0 Å². The first kappa shape index (κ1) is 14.0. The molecule has 3 aliphatic rings. The third-order valence-corrected chi connectivity index (χ3v) is 5.65. The maximum Gasteiger partial charge on any atom is 0.247 e. The van der Waals surface area contributed by atoms with Crippen molar-refractivity contribution in [3.63, 3.8) is 0 Å². The van der Waals surface area contributed by atoms with Crippen LogP contribution in [0.5, 0.6) is 0 Å². The Morgan fingerprint density at radius 1 is 1.17 bits per heavy atom. The van der Waals surface area contributed by atoms with Crippen molar-refractivity contribution in [3.8, 4) is 0 Å². The number of hydrogen-bond donors (Lipinski definition) is 3. The van der Waals surface area contributed by atoms with Crippen LogP contribution in [-0.2, 0) is 22.6 Å². The summed E-state index contributed by atoms with van der Waals surface area (Å²) in [5, 5.41) is 7.48. The number of aromatic amines is 1. The number of para-hydroxylation sites is 1. The Morgan fingerprint density at radius 3 is 2.88 bits per heavy atom. The predicted molar refractivity (Wildman–Crippen MR) is 89.3 cm³/mol. The van der Waals surface area contributed by atoms with E-state index in [0.29, 0.717) is 13.0 Å². The van der Waals surface area contributed by atoms with Crippen molar-refractivity contribution < 1.29 is 9.59 Å². The number of aromatic nitrogens is 1. The number of rotatable bonds is 1. The first-order valence-electron chi connectivity index (χ1n) is 8.65. The molecule has 0 bridgehead atoms. The average molecular weight is 324 g/mol. The van der Waals surface area contributed by atoms with E-state index in [1.54, 1.807) is 4.90 Å². The predicted octanol–water partition coefficient (Wildman–Crippen LogP) is 0.672. The van der Waals surface area contributed by atoms with Crippen LogP contribution in [-0.4, -0.2) is 46.4 Å². The molecule has 3 aliphatic heterocycles. The lowest BCUT2D eigenvalue weighted by Crippen LogP contribution is -2.68. The highest BCUT2D eigenvalue weighted by Gasteiger charge is 2.46. The number of amides is 2. The highest BCUT2D eigenvalue weighted by atomic mass is 16.2. The number of carbonyl (C=O) groups is 2. The zero-order valence-electron chi connectivity index (χ0n) is 13.3. The summed E-state index contributed by atoms with van der Waals surface area (Å²) < 4.78 is 0. The first-order chi connectivity index (χ1) is 11.7. The average Bonchev–Trinajstić information content (AvgIpc) is 3.24. The molecule has 3 N–H and O–H groups in total. The summed E-state index contributed by atoms with van der Waals surface area (Å²) in [4.78, 5) is 30.8. The van der Waals surface area contributed by atoms with Crippen LogP contribution in [0.4, 0.5) is 0 Å². The van der Waals surface area contributed by atoms with Gasteiger partial charge in [-0.05, 0) is 31.0 Å². The highest BCUT2D eigenvalue weighted by molar-refractivity contribution is 5.99. The number of hydrogen-bond acceptors (Lipinski definition) is 3. The number of H-pyrrole nitrogens is 1. The largest absolute Gasteiger partial charge is 0.357 e. The van der Waals surface area contributed by atoms with E-state index in [2.05, 4.69) is 21.7 Å². The van der Waals surface area contributed by atoms with Gasteiger partial charge in [-0.3, -0.25) is 9.59 Å². The molecule has 0 radical (unpaired) electrons. The number of carbonyl (C=O) groups excluding carboxylic acids is 2. The molecule has 2 aromatic rings. The van der Waals surface area contributed by atoms with Gasteiger partial charge in [-0.1, -0.05) is 18.2 Å². The number of benzene rings is 1. The fraction of sp³-hybridized carbons (Fsp3) is 0.444. The number of nitrogens with one attached hydrogen (secondary N) is 3. The molecule has 1 aromatic carbocycles. The summed E-state index contributed by atoms with van der Waals surface area (Å²) in [6, 6.07) is 7.37. The smallest absolute Gasteiger partial charge is 0.247 e. The molecule has 1 aromatic heterocycles. The van der Waals surface area contributed by atoms with Gasteiger partial charge in [-0.2, -0.15) is 0 Å². The van der Waals surface area contributed by atoms with Crippen LogP contribution in [0.3, 0.4) is 0 Å². The number of piperazine rings is 1. The van der Waals surface area contributed by atoms with Crippen LogP contribution in [0, 0.1) is 0 Å². The summed E-state index contributed by atoms with van der Waals surface area (Å²) in [6.45, 7) is 1.41. The molecule has 3 atom stereocenters.